The van der Waals surface area contributed by atoms with Crippen molar-refractivity contribution in [1.82, 2.24) is 0 Å². The second-order valence-corrected chi connectivity index (χ2v) is 6.85. The summed E-state index contributed by atoms with van der Waals surface area (Å²) in [5, 5.41) is 13.6. The topological polar surface area (TPSA) is 119 Å². The van der Waals surface area contributed by atoms with Gasteiger partial charge in [0.15, 0.2) is 6.61 Å². The Kier molecular flexibility index (Phi) is 6.41. The van der Waals surface area contributed by atoms with Crippen LogP contribution in [0.4, 0.5) is 17.1 Å². The summed E-state index contributed by atoms with van der Waals surface area (Å²) >= 11 is 0. The maximum Gasteiger partial charge on any atom is 0.311 e. The molecule has 3 rings (SSSR count). The van der Waals surface area contributed by atoms with E-state index in [-0.39, 0.29) is 24.6 Å². The third-order valence-corrected chi connectivity index (χ3v) is 4.83. The molecule has 0 aliphatic carbocycles. The molecule has 1 aliphatic rings. The molecule has 0 spiro atoms. The Balaban J connectivity index is 1.56. The van der Waals surface area contributed by atoms with Crippen LogP contribution in [0.25, 0.3) is 0 Å². The standard InChI is InChI=1S/C21H21N3O6/c1-2-14-6-3-4-9-18(14)22-19(25)13-30-21(27)15-10-20(26)23(12-15)16-7-5-8-17(11-16)24(28)29/h3-9,11,15H,2,10,12-13H2,1H3,(H,22,25)/t15-/m0/s1. The van der Waals surface area contributed by atoms with E-state index < -0.39 is 29.3 Å². The first-order valence-electron chi connectivity index (χ1n) is 9.48. The van der Waals surface area contributed by atoms with E-state index in [0.717, 1.165) is 12.0 Å². The first kappa shape index (κ1) is 21.0. The summed E-state index contributed by atoms with van der Waals surface area (Å²) in [6.07, 6.45) is 0.662. The monoisotopic (exact) mass is 411 g/mol. The highest BCUT2D eigenvalue weighted by Crippen LogP contribution is 2.28. The molecular formula is C21H21N3O6. The van der Waals surface area contributed by atoms with Crippen LogP contribution in [-0.2, 0) is 25.5 Å². The molecule has 2 aromatic rings. The van der Waals surface area contributed by atoms with Gasteiger partial charge in [0.2, 0.25) is 5.91 Å². The minimum absolute atomic E-state index is 0.0408. The Morgan fingerprint density at radius 1 is 1.23 bits per heavy atom. The maximum absolute atomic E-state index is 12.3. The van der Waals surface area contributed by atoms with Gasteiger partial charge >= 0.3 is 5.97 Å². The molecule has 1 saturated heterocycles. The number of carbonyl (C=O) groups excluding carboxylic acids is 3. The van der Waals surface area contributed by atoms with Crippen LogP contribution >= 0.6 is 0 Å². The Morgan fingerprint density at radius 2 is 2.00 bits per heavy atom. The average molecular weight is 411 g/mol. The number of aryl methyl sites for hydroxylation is 1. The van der Waals surface area contributed by atoms with Crippen LogP contribution in [0.3, 0.4) is 0 Å². The quantitative estimate of drug-likeness (QED) is 0.425. The molecule has 0 radical (unpaired) electrons. The summed E-state index contributed by atoms with van der Waals surface area (Å²) < 4.78 is 5.09. The number of nitrogens with zero attached hydrogens (tertiary/aromatic N) is 2. The average Bonchev–Trinajstić information content (AvgIpc) is 3.14. The fraction of sp³-hybridized carbons (Fsp3) is 0.286. The third kappa shape index (κ3) is 4.80. The fourth-order valence-electron chi connectivity index (χ4n) is 3.28. The highest BCUT2D eigenvalue weighted by Gasteiger charge is 2.36. The molecule has 1 fully saturated rings. The van der Waals surface area contributed by atoms with Gasteiger partial charge in [-0.15, -0.1) is 0 Å². The molecule has 1 heterocycles. The summed E-state index contributed by atoms with van der Waals surface area (Å²) in [7, 11) is 0. The van der Waals surface area contributed by atoms with E-state index in [1.54, 1.807) is 18.2 Å². The predicted molar refractivity (Wildman–Crippen MR) is 109 cm³/mol. The molecule has 0 unspecified atom stereocenters. The summed E-state index contributed by atoms with van der Waals surface area (Å²) in [5.41, 5.74) is 1.83. The molecule has 2 amide bonds. The number of ether oxygens (including phenoxy) is 1. The van der Waals surface area contributed by atoms with Gasteiger partial charge in [0, 0.05) is 30.8 Å². The van der Waals surface area contributed by atoms with Crippen molar-refractivity contribution in [2.45, 2.75) is 19.8 Å². The van der Waals surface area contributed by atoms with E-state index >= 15 is 0 Å². The minimum Gasteiger partial charge on any atom is -0.455 e. The number of hydrogen-bond acceptors (Lipinski definition) is 6. The van der Waals surface area contributed by atoms with Gasteiger partial charge in [-0.25, -0.2) is 0 Å². The van der Waals surface area contributed by atoms with Gasteiger partial charge in [0.1, 0.15) is 0 Å². The lowest BCUT2D eigenvalue weighted by Gasteiger charge is -2.16. The highest BCUT2D eigenvalue weighted by molar-refractivity contribution is 6.00. The number of para-hydroxylation sites is 1. The maximum atomic E-state index is 12.3. The molecule has 156 valence electrons. The molecule has 9 heteroatoms. The number of benzene rings is 2. The molecule has 1 atom stereocenters. The van der Waals surface area contributed by atoms with Crippen molar-refractivity contribution in [1.29, 1.82) is 0 Å². The van der Waals surface area contributed by atoms with Crippen molar-refractivity contribution < 1.29 is 24.0 Å². The Morgan fingerprint density at radius 3 is 2.73 bits per heavy atom. The fourth-order valence-corrected chi connectivity index (χ4v) is 3.28. The Labute approximate surface area is 172 Å². The van der Waals surface area contributed by atoms with E-state index in [0.29, 0.717) is 11.4 Å². The largest absolute Gasteiger partial charge is 0.455 e. The number of nitrogens with one attached hydrogen (secondary N) is 1. The van der Waals surface area contributed by atoms with Crippen LogP contribution in [-0.4, -0.2) is 35.9 Å². The molecule has 2 aromatic carbocycles. The van der Waals surface area contributed by atoms with Crippen LogP contribution in [0.1, 0.15) is 18.9 Å². The number of nitro benzene ring substituents is 1. The molecule has 0 aromatic heterocycles. The molecule has 9 nitrogen and oxygen atoms in total. The minimum atomic E-state index is -0.743. The third-order valence-electron chi connectivity index (χ3n) is 4.83. The van der Waals surface area contributed by atoms with Crippen molar-refractivity contribution in [2.24, 2.45) is 5.92 Å². The first-order valence-corrected chi connectivity index (χ1v) is 9.48. The van der Waals surface area contributed by atoms with Gasteiger partial charge in [-0.3, -0.25) is 24.5 Å². The van der Waals surface area contributed by atoms with Gasteiger partial charge in [-0.1, -0.05) is 31.2 Å². The highest BCUT2D eigenvalue weighted by atomic mass is 16.6. The molecule has 30 heavy (non-hydrogen) atoms. The molecule has 1 N–H and O–H groups in total. The van der Waals surface area contributed by atoms with Crippen molar-refractivity contribution in [2.75, 3.05) is 23.4 Å². The second-order valence-electron chi connectivity index (χ2n) is 6.85. The summed E-state index contributed by atoms with van der Waals surface area (Å²) in [4.78, 5) is 48.4. The van der Waals surface area contributed by atoms with E-state index in [1.807, 2.05) is 19.1 Å². The van der Waals surface area contributed by atoms with Crippen LogP contribution in [0, 0.1) is 16.0 Å². The lowest BCUT2D eigenvalue weighted by Crippen LogP contribution is -2.28. The van der Waals surface area contributed by atoms with E-state index in [9.17, 15) is 24.5 Å². The Bertz CT molecular complexity index is 990. The Hall–Kier alpha value is -3.75. The first-order chi connectivity index (χ1) is 14.4. The van der Waals surface area contributed by atoms with E-state index in [2.05, 4.69) is 5.32 Å². The van der Waals surface area contributed by atoms with Gasteiger partial charge < -0.3 is 15.0 Å². The lowest BCUT2D eigenvalue weighted by atomic mass is 10.1. The molecule has 1 aliphatic heterocycles. The number of hydrogen-bond donors (Lipinski definition) is 1. The number of anilines is 2. The zero-order valence-corrected chi connectivity index (χ0v) is 16.4. The number of non-ortho nitro benzene ring substituents is 1. The van der Waals surface area contributed by atoms with Gasteiger partial charge in [0.05, 0.1) is 16.5 Å². The van der Waals surface area contributed by atoms with Crippen LogP contribution < -0.4 is 10.2 Å². The van der Waals surface area contributed by atoms with E-state index in [1.165, 1.54) is 23.1 Å². The predicted octanol–water partition coefficient (Wildman–Crippen LogP) is 2.69. The van der Waals surface area contributed by atoms with Crippen LogP contribution in [0.5, 0.6) is 0 Å². The van der Waals surface area contributed by atoms with E-state index in [4.69, 9.17) is 4.74 Å². The second kappa shape index (κ2) is 9.17. The molecule has 0 saturated carbocycles. The summed E-state index contributed by atoms with van der Waals surface area (Å²) in [5.74, 6) is -2.20. The smallest absolute Gasteiger partial charge is 0.311 e. The van der Waals surface area contributed by atoms with Crippen molar-refractivity contribution in [3.05, 3.63) is 64.2 Å². The van der Waals surface area contributed by atoms with Gasteiger partial charge in [0.25, 0.3) is 11.6 Å². The number of nitro groups is 1. The lowest BCUT2D eigenvalue weighted by molar-refractivity contribution is -0.384. The van der Waals surface area contributed by atoms with Crippen molar-refractivity contribution >= 4 is 34.8 Å². The number of esters is 1. The summed E-state index contributed by atoms with van der Waals surface area (Å²) in [6, 6.07) is 13.0. The normalized spacial score (nSPS) is 15.7. The number of rotatable bonds is 7. The number of amides is 2. The van der Waals surface area contributed by atoms with Crippen molar-refractivity contribution in [3.63, 3.8) is 0 Å². The van der Waals surface area contributed by atoms with Crippen LogP contribution in [0.2, 0.25) is 0 Å². The van der Waals surface area contributed by atoms with Crippen molar-refractivity contribution in [3.8, 4) is 0 Å². The van der Waals surface area contributed by atoms with Crippen LogP contribution in [0.15, 0.2) is 48.5 Å². The zero-order valence-electron chi connectivity index (χ0n) is 16.4. The molecular weight excluding hydrogens is 390 g/mol. The molecule has 0 bridgehead atoms. The zero-order chi connectivity index (χ0) is 21.7. The number of carbonyl (C=O) groups is 3. The van der Waals surface area contributed by atoms with Gasteiger partial charge in [-0.2, -0.15) is 0 Å². The SMILES string of the molecule is CCc1ccccc1NC(=O)COC(=O)[C@H]1CC(=O)N(c2cccc([N+](=O)[O-])c2)C1. The summed E-state index contributed by atoms with van der Waals surface area (Å²) in [6.45, 7) is 1.55. The van der Waals surface area contributed by atoms with Gasteiger partial charge in [-0.05, 0) is 24.1 Å².